The van der Waals surface area contributed by atoms with Gasteiger partial charge in [0.05, 0.1) is 0 Å². The lowest BCUT2D eigenvalue weighted by Crippen LogP contribution is -2.32. The number of hydrogen-bond acceptors (Lipinski definition) is 1. The Balaban J connectivity index is 2.11. The molecule has 86 valence electrons. The lowest BCUT2D eigenvalue weighted by Gasteiger charge is -2.21. The standard InChI is InChI=1S/C13H18N2S/c1-10-6-5-7-11(2)12(10)14-13(16)15-8-3-4-9-15/h5-7H,3-4,8-9H2,1-2H3,(H,14,16). The fourth-order valence-corrected chi connectivity index (χ4v) is 2.40. The highest BCUT2D eigenvalue weighted by Crippen LogP contribution is 2.20. The van der Waals surface area contributed by atoms with Crippen molar-refractivity contribution in [3.63, 3.8) is 0 Å². The molecule has 0 radical (unpaired) electrons. The van der Waals surface area contributed by atoms with Gasteiger partial charge in [-0.25, -0.2) is 0 Å². The minimum atomic E-state index is 0.870. The number of hydrogen-bond donors (Lipinski definition) is 1. The molecule has 2 nitrogen and oxygen atoms in total. The number of rotatable bonds is 1. The molecule has 0 amide bonds. The molecule has 0 aliphatic carbocycles. The highest BCUT2D eigenvalue weighted by molar-refractivity contribution is 7.80. The van der Waals surface area contributed by atoms with Crippen LogP contribution in [0.25, 0.3) is 0 Å². The van der Waals surface area contributed by atoms with Crippen molar-refractivity contribution in [3.8, 4) is 0 Å². The molecule has 3 heteroatoms. The van der Waals surface area contributed by atoms with E-state index in [2.05, 4.69) is 42.3 Å². The van der Waals surface area contributed by atoms with Gasteiger partial charge in [0.15, 0.2) is 5.11 Å². The van der Waals surface area contributed by atoms with Gasteiger partial charge in [-0.2, -0.15) is 0 Å². The van der Waals surface area contributed by atoms with E-state index in [9.17, 15) is 0 Å². The first-order valence-corrected chi connectivity index (χ1v) is 6.21. The largest absolute Gasteiger partial charge is 0.349 e. The van der Waals surface area contributed by atoms with Gasteiger partial charge in [0, 0.05) is 18.8 Å². The Hall–Kier alpha value is -1.09. The molecule has 0 saturated carbocycles. The highest BCUT2D eigenvalue weighted by atomic mass is 32.1. The lowest BCUT2D eigenvalue weighted by molar-refractivity contribution is 0.528. The number of thiocarbonyl (C=S) groups is 1. The number of benzene rings is 1. The maximum absolute atomic E-state index is 5.43. The number of anilines is 1. The van der Waals surface area contributed by atoms with Crippen molar-refractivity contribution in [1.82, 2.24) is 4.90 Å². The molecule has 1 fully saturated rings. The normalized spacial score (nSPS) is 15.2. The predicted octanol–water partition coefficient (Wildman–Crippen LogP) is 3.10. The van der Waals surface area contributed by atoms with Crippen LogP contribution in [0, 0.1) is 13.8 Å². The van der Waals surface area contributed by atoms with Gasteiger partial charge in [0.1, 0.15) is 0 Å². The molecule has 0 bridgehead atoms. The summed E-state index contributed by atoms with van der Waals surface area (Å²) in [6, 6.07) is 6.30. The van der Waals surface area contributed by atoms with Crippen LogP contribution in [0.5, 0.6) is 0 Å². The van der Waals surface area contributed by atoms with Crippen LogP contribution in [0.1, 0.15) is 24.0 Å². The van der Waals surface area contributed by atoms with Crippen molar-refractivity contribution in [3.05, 3.63) is 29.3 Å². The molecule has 0 aromatic heterocycles. The monoisotopic (exact) mass is 234 g/mol. The van der Waals surface area contributed by atoms with Crippen LogP contribution in [0.15, 0.2) is 18.2 Å². The number of likely N-dealkylation sites (tertiary alicyclic amines) is 1. The Morgan fingerprint density at radius 3 is 2.31 bits per heavy atom. The molecule has 0 unspecified atom stereocenters. The molecule has 1 aromatic carbocycles. The third kappa shape index (κ3) is 2.35. The average Bonchev–Trinajstić information content (AvgIpc) is 2.76. The van der Waals surface area contributed by atoms with Crippen LogP contribution >= 0.6 is 12.2 Å². The summed E-state index contributed by atoms with van der Waals surface area (Å²) in [5.74, 6) is 0. The van der Waals surface area contributed by atoms with E-state index < -0.39 is 0 Å². The Kier molecular flexibility index (Phi) is 3.44. The highest BCUT2D eigenvalue weighted by Gasteiger charge is 2.15. The quantitative estimate of drug-likeness (QED) is 0.752. The van der Waals surface area contributed by atoms with Gasteiger partial charge in [0.2, 0.25) is 0 Å². The fourth-order valence-electron chi connectivity index (χ4n) is 2.12. The summed E-state index contributed by atoms with van der Waals surface area (Å²) in [5.41, 5.74) is 3.67. The fraction of sp³-hybridized carbons (Fsp3) is 0.462. The Morgan fingerprint density at radius 1 is 1.19 bits per heavy atom. The summed E-state index contributed by atoms with van der Waals surface area (Å²) in [4.78, 5) is 2.25. The number of para-hydroxylation sites is 1. The third-order valence-electron chi connectivity index (χ3n) is 3.11. The van der Waals surface area contributed by atoms with Crippen molar-refractivity contribution in [2.75, 3.05) is 18.4 Å². The SMILES string of the molecule is Cc1cccc(C)c1NC(=S)N1CCCC1. The van der Waals surface area contributed by atoms with Crippen LogP contribution < -0.4 is 5.32 Å². The maximum atomic E-state index is 5.43. The molecule has 0 atom stereocenters. The molecule has 1 aliphatic rings. The topological polar surface area (TPSA) is 15.3 Å². The zero-order valence-corrected chi connectivity index (χ0v) is 10.7. The van der Waals surface area contributed by atoms with E-state index in [1.165, 1.54) is 29.7 Å². The zero-order chi connectivity index (χ0) is 11.5. The zero-order valence-electron chi connectivity index (χ0n) is 9.92. The predicted molar refractivity (Wildman–Crippen MR) is 72.9 cm³/mol. The van der Waals surface area contributed by atoms with Gasteiger partial charge < -0.3 is 10.2 Å². The van der Waals surface area contributed by atoms with Crippen LogP contribution in [0.4, 0.5) is 5.69 Å². The minimum absolute atomic E-state index is 0.870. The van der Waals surface area contributed by atoms with Crippen molar-refractivity contribution in [2.45, 2.75) is 26.7 Å². The second-order valence-corrected chi connectivity index (χ2v) is 4.78. The van der Waals surface area contributed by atoms with E-state index in [1.807, 2.05) is 0 Å². The van der Waals surface area contributed by atoms with Gasteiger partial charge in [0.25, 0.3) is 0 Å². The maximum Gasteiger partial charge on any atom is 0.173 e. The molecular formula is C13H18N2S. The summed E-state index contributed by atoms with van der Waals surface area (Å²) in [7, 11) is 0. The van der Waals surface area contributed by atoms with E-state index in [0.29, 0.717) is 0 Å². The van der Waals surface area contributed by atoms with E-state index in [0.717, 1.165) is 18.2 Å². The number of aryl methyl sites for hydroxylation is 2. The van der Waals surface area contributed by atoms with Crippen LogP contribution in [-0.4, -0.2) is 23.1 Å². The second kappa shape index (κ2) is 4.83. The van der Waals surface area contributed by atoms with Gasteiger partial charge in [-0.1, -0.05) is 18.2 Å². The Bertz CT molecular complexity index is 375. The second-order valence-electron chi connectivity index (χ2n) is 4.39. The first-order valence-electron chi connectivity index (χ1n) is 5.80. The van der Waals surface area contributed by atoms with Gasteiger partial charge in [-0.05, 0) is 50.0 Å². The van der Waals surface area contributed by atoms with Crippen LogP contribution in [0.2, 0.25) is 0 Å². The number of nitrogens with one attached hydrogen (secondary N) is 1. The van der Waals surface area contributed by atoms with Crippen molar-refractivity contribution < 1.29 is 0 Å². The molecule has 16 heavy (non-hydrogen) atoms. The van der Waals surface area contributed by atoms with Crippen LogP contribution in [-0.2, 0) is 0 Å². The molecule has 1 N–H and O–H groups in total. The first kappa shape index (κ1) is 11.4. The van der Waals surface area contributed by atoms with E-state index in [-0.39, 0.29) is 0 Å². The summed E-state index contributed by atoms with van der Waals surface area (Å²) in [6.07, 6.45) is 2.52. The molecular weight excluding hydrogens is 216 g/mol. The third-order valence-corrected chi connectivity index (χ3v) is 3.47. The molecule has 1 heterocycles. The van der Waals surface area contributed by atoms with Crippen molar-refractivity contribution in [2.24, 2.45) is 0 Å². The summed E-state index contributed by atoms with van der Waals surface area (Å²) in [6.45, 7) is 6.41. The smallest absolute Gasteiger partial charge is 0.173 e. The first-order chi connectivity index (χ1) is 7.68. The van der Waals surface area contributed by atoms with Gasteiger partial charge >= 0.3 is 0 Å². The molecule has 1 aliphatic heterocycles. The summed E-state index contributed by atoms with van der Waals surface area (Å²) >= 11 is 5.43. The molecule has 0 spiro atoms. The lowest BCUT2D eigenvalue weighted by atomic mass is 10.1. The van der Waals surface area contributed by atoms with E-state index >= 15 is 0 Å². The van der Waals surface area contributed by atoms with Crippen molar-refractivity contribution >= 4 is 23.0 Å². The Labute approximate surface area is 103 Å². The molecule has 1 aromatic rings. The minimum Gasteiger partial charge on any atom is -0.349 e. The average molecular weight is 234 g/mol. The van der Waals surface area contributed by atoms with Crippen LogP contribution in [0.3, 0.4) is 0 Å². The molecule has 1 saturated heterocycles. The van der Waals surface area contributed by atoms with E-state index in [4.69, 9.17) is 12.2 Å². The Morgan fingerprint density at radius 2 is 1.75 bits per heavy atom. The van der Waals surface area contributed by atoms with Gasteiger partial charge in [-0.15, -0.1) is 0 Å². The summed E-state index contributed by atoms with van der Waals surface area (Å²) < 4.78 is 0. The van der Waals surface area contributed by atoms with Gasteiger partial charge in [-0.3, -0.25) is 0 Å². The number of nitrogens with zero attached hydrogens (tertiary/aromatic N) is 1. The summed E-state index contributed by atoms with van der Waals surface area (Å²) in [5, 5.41) is 4.25. The van der Waals surface area contributed by atoms with Crippen molar-refractivity contribution in [1.29, 1.82) is 0 Å². The van der Waals surface area contributed by atoms with E-state index in [1.54, 1.807) is 0 Å². The molecule has 2 rings (SSSR count).